The van der Waals surface area contributed by atoms with E-state index in [1.807, 2.05) is 0 Å². The maximum atomic E-state index is 9.62. The molecule has 1 radical (unpaired) electrons. The van der Waals surface area contributed by atoms with Crippen LogP contribution in [0.4, 0.5) is 0 Å². The summed E-state index contributed by atoms with van der Waals surface area (Å²) >= 11 is 0. The van der Waals surface area contributed by atoms with Gasteiger partial charge in [0.1, 0.15) is 7.63 Å². The molecule has 6 heavy (non-hydrogen) atoms. The number of carbonyl (C=O) groups excluding carboxylic acids is 1. The van der Waals surface area contributed by atoms with Gasteiger partial charge in [0, 0.05) is 32.7 Å². The minimum absolute atomic E-state index is 0. The van der Waals surface area contributed by atoms with Gasteiger partial charge in [-0.2, -0.15) is 0 Å². The summed E-state index contributed by atoms with van der Waals surface area (Å²) in [7, 11) is 0. The fourth-order valence-corrected chi connectivity index (χ4v) is 0. The molecule has 0 amide bonds. The van der Waals surface area contributed by atoms with Crippen LogP contribution >= 0.6 is 0 Å². The fourth-order valence-electron chi connectivity index (χ4n) is 0. The van der Waals surface area contributed by atoms with E-state index in [1.165, 1.54) is 0 Å². The Labute approximate surface area is 63.8 Å². The van der Waals surface area contributed by atoms with E-state index < -0.39 is 12.3 Å². The van der Waals surface area contributed by atoms with Gasteiger partial charge in [-0.3, -0.25) is 0 Å². The van der Waals surface area contributed by atoms with Gasteiger partial charge in [0.25, 0.3) is 0 Å². The van der Waals surface area contributed by atoms with Crippen molar-refractivity contribution < 1.29 is 38.9 Å². The predicted molar refractivity (Wildman–Crippen MR) is 19.4 cm³/mol. The molecule has 0 fully saturated rings. The van der Waals surface area contributed by atoms with Crippen molar-refractivity contribution in [3.05, 3.63) is 6.92 Å². The number of nitrogens with two attached hydrogens (primary N) is 1. The molecule has 2 nitrogen and oxygen atoms in total. The molecule has 0 aliphatic heterocycles. The van der Waals surface area contributed by atoms with Crippen molar-refractivity contribution in [1.29, 1.82) is 0 Å². The van der Waals surface area contributed by atoms with Crippen molar-refractivity contribution in [2.75, 3.05) is 0 Å². The van der Waals surface area contributed by atoms with Gasteiger partial charge in [-0.25, -0.2) is 0 Å². The number of hydrogen-bond donors (Lipinski definition) is 1. The van der Waals surface area contributed by atoms with Crippen LogP contribution in [0.3, 0.4) is 0 Å². The molecule has 0 saturated heterocycles. The first-order valence-corrected chi connectivity index (χ1v) is 1.23. The average molecular weight is 163 g/mol. The second-order valence-electron chi connectivity index (χ2n) is 0.724. The number of hydrogen-bond acceptors (Lipinski definition) is 2. The summed E-state index contributed by atoms with van der Waals surface area (Å²) in [4.78, 5) is 9.62. The van der Waals surface area contributed by atoms with Crippen LogP contribution in [-0.2, 0) is 37.5 Å². The van der Waals surface area contributed by atoms with Crippen molar-refractivity contribution in [2.24, 2.45) is 5.73 Å². The van der Waals surface area contributed by atoms with E-state index in [4.69, 9.17) is 7.10 Å². The molecule has 0 saturated carbocycles. The molecular formula is C3H6NOY-. The summed E-state index contributed by atoms with van der Waals surface area (Å²) in [5.41, 5.74) is 4.79. The van der Waals surface area contributed by atoms with Crippen molar-refractivity contribution in [3.63, 3.8) is 0 Å². The molecule has 0 bridgehead atoms. The van der Waals surface area contributed by atoms with E-state index in [0.29, 0.717) is 0 Å². The van der Waals surface area contributed by atoms with Gasteiger partial charge >= 0.3 is 0 Å². The Kier molecular flexibility index (Phi) is 6.44. The third-order valence-electron chi connectivity index (χ3n) is 0.151. The van der Waals surface area contributed by atoms with Crippen molar-refractivity contribution >= 4 is 6.26 Å². The summed E-state index contributed by atoms with van der Waals surface area (Å²) in [5.74, 6) is 0. The molecule has 0 aliphatic carbocycles. The van der Waals surface area contributed by atoms with E-state index in [-0.39, 0.29) is 32.7 Å². The van der Waals surface area contributed by atoms with Crippen LogP contribution in [0.1, 0.15) is 1.37 Å². The smallest absolute Gasteiger partial charge is 0.106 e. The molecule has 33 valence electrons. The summed E-state index contributed by atoms with van der Waals surface area (Å²) in [6, 6.07) is -0.870. The quantitative estimate of drug-likeness (QED) is 0.412. The van der Waals surface area contributed by atoms with Crippen molar-refractivity contribution in [1.82, 2.24) is 0 Å². The minimum atomic E-state index is -0.870. The predicted octanol–water partition coefficient (Wildman–Crippen LogP) is -0.656. The molecule has 2 N–H and O–H groups in total. The Morgan fingerprint density at radius 3 is 2.33 bits per heavy atom. The molecule has 0 aromatic rings. The van der Waals surface area contributed by atoms with E-state index in [1.54, 1.807) is 0 Å². The van der Waals surface area contributed by atoms with Crippen LogP contribution in [0.15, 0.2) is 0 Å². The molecule has 0 spiro atoms. The second-order valence-corrected chi connectivity index (χ2v) is 0.724. The molecule has 0 heterocycles. The Bertz CT molecular complexity index is 66.0. The van der Waals surface area contributed by atoms with Gasteiger partial charge < -0.3 is 17.5 Å². The van der Waals surface area contributed by atoms with Crippen LogP contribution in [0.5, 0.6) is 0 Å². The maximum Gasteiger partial charge on any atom is 0.106 e. The molecule has 1 unspecified atom stereocenters. The van der Waals surface area contributed by atoms with E-state index in [9.17, 15) is 4.79 Å². The fraction of sp³-hybridized carbons (Fsp3) is 0.333. The van der Waals surface area contributed by atoms with E-state index in [2.05, 4.69) is 6.92 Å². The zero-order chi connectivity index (χ0) is 5.15. The Hall–Kier alpha value is 0.734. The van der Waals surface area contributed by atoms with Gasteiger partial charge in [0.05, 0.1) is 0 Å². The first kappa shape index (κ1) is 6.73. The summed E-state index contributed by atoms with van der Waals surface area (Å²) in [6.45, 7) is 3.08. The topological polar surface area (TPSA) is 43.1 Å². The summed E-state index contributed by atoms with van der Waals surface area (Å²) in [6.07, 6.45) is -0.824. The van der Waals surface area contributed by atoms with Gasteiger partial charge in [-0.1, -0.05) is 6.04 Å². The van der Waals surface area contributed by atoms with Crippen LogP contribution in [0, 0.1) is 6.92 Å². The second kappa shape index (κ2) is 5.73. The largest absolute Gasteiger partial charge is 0.350 e. The number of carbonyl (C=O) groups is 1. The number of rotatable bonds is 1. The third kappa shape index (κ3) is 8.83. The minimum Gasteiger partial charge on any atom is -0.350 e. The van der Waals surface area contributed by atoms with E-state index >= 15 is 0 Å². The first-order chi connectivity index (χ1) is 2.64. The van der Waals surface area contributed by atoms with Crippen LogP contribution in [-0.4, -0.2) is 12.3 Å². The standard InChI is InChI=1S/C3H6NO.Y/c1-3(4)2-5;/h2-3H,1,4H2;/q-1;/i2T;. The van der Waals surface area contributed by atoms with E-state index in [0.717, 1.165) is 0 Å². The zero-order valence-corrected chi connectivity index (χ0v) is 6.19. The molecule has 0 aromatic heterocycles. The van der Waals surface area contributed by atoms with Gasteiger partial charge in [-0.15, -0.1) is 0 Å². The number of aldehydes is 1. The summed E-state index contributed by atoms with van der Waals surface area (Å²) in [5, 5.41) is 0. The van der Waals surface area contributed by atoms with Crippen LogP contribution in [0.25, 0.3) is 0 Å². The molecule has 0 aliphatic rings. The molecular weight excluding hydrogens is 155 g/mol. The SMILES string of the molecule is [3H]C(=O)C([CH2-])N.[Y]. The average Bonchev–Trinajstić information content (AvgIpc) is 1.36. The van der Waals surface area contributed by atoms with Gasteiger partial charge in [0.2, 0.25) is 0 Å². The van der Waals surface area contributed by atoms with Gasteiger partial charge in [-0.05, 0) is 0 Å². The Morgan fingerprint density at radius 2 is 2.33 bits per heavy atom. The normalized spacial score (nSPS) is 14.0. The molecule has 0 aromatic carbocycles. The molecule has 0 rings (SSSR count). The van der Waals surface area contributed by atoms with Crippen LogP contribution < -0.4 is 5.73 Å². The summed E-state index contributed by atoms with van der Waals surface area (Å²) < 4.78 is 6.21. The van der Waals surface area contributed by atoms with Crippen LogP contribution in [0.2, 0.25) is 0 Å². The maximum absolute atomic E-state index is 9.62. The third-order valence-corrected chi connectivity index (χ3v) is 0.151. The zero-order valence-electron chi connectivity index (χ0n) is 4.35. The van der Waals surface area contributed by atoms with Crippen molar-refractivity contribution in [2.45, 2.75) is 6.04 Å². The Morgan fingerprint density at radius 1 is 2.17 bits per heavy atom. The Balaban J connectivity index is 0. The monoisotopic (exact) mass is 163 g/mol. The van der Waals surface area contributed by atoms with Gasteiger partial charge in [0.15, 0.2) is 0 Å². The first-order valence-electron chi connectivity index (χ1n) is 1.73. The van der Waals surface area contributed by atoms with Crippen molar-refractivity contribution in [3.8, 4) is 0 Å². The molecule has 1 atom stereocenters. The molecule has 3 heteroatoms.